The number of amides is 2. The summed E-state index contributed by atoms with van der Waals surface area (Å²) >= 11 is 12.2. The summed E-state index contributed by atoms with van der Waals surface area (Å²) in [5.74, 6) is -0.162. The molecule has 1 heterocycles. The molecule has 0 spiro atoms. The molecule has 7 heteroatoms. The Morgan fingerprint density at radius 3 is 2.27 bits per heavy atom. The van der Waals surface area contributed by atoms with Crippen LogP contribution in [0.15, 0.2) is 18.2 Å². The van der Waals surface area contributed by atoms with Gasteiger partial charge in [-0.15, -0.1) is 0 Å². The first kappa shape index (κ1) is 21.0. The second kappa shape index (κ2) is 9.58. The number of anilines is 1. The van der Waals surface area contributed by atoms with Gasteiger partial charge in [0.1, 0.15) is 0 Å². The Kier molecular flexibility index (Phi) is 7.74. The van der Waals surface area contributed by atoms with Crippen molar-refractivity contribution >= 4 is 40.7 Å². The topological polar surface area (TPSA) is 52.7 Å². The standard InChI is InChI=1S/C19H27Cl2N3O2/c1-4-23(12-18(26)24-13(2)7-5-8-14(24)3)11-17(25)22-19-15(20)9-6-10-16(19)21/h6,9-10,13-14H,4-5,7-8,11-12H2,1-3H3,(H,22,25). The van der Waals surface area contributed by atoms with Crippen LogP contribution in [-0.4, -0.2) is 53.3 Å². The highest BCUT2D eigenvalue weighted by atomic mass is 35.5. The lowest BCUT2D eigenvalue weighted by molar-refractivity contribution is -0.138. The maximum atomic E-state index is 12.7. The van der Waals surface area contributed by atoms with E-state index in [1.165, 1.54) is 0 Å². The van der Waals surface area contributed by atoms with Gasteiger partial charge in [0.25, 0.3) is 0 Å². The van der Waals surface area contributed by atoms with E-state index >= 15 is 0 Å². The second-order valence-electron chi connectivity index (χ2n) is 6.88. The van der Waals surface area contributed by atoms with E-state index in [1.54, 1.807) is 18.2 Å². The summed E-state index contributed by atoms with van der Waals surface area (Å²) in [5, 5.41) is 3.52. The van der Waals surface area contributed by atoms with Gasteiger partial charge >= 0.3 is 0 Å². The highest BCUT2D eigenvalue weighted by Gasteiger charge is 2.29. The van der Waals surface area contributed by atoms with Gasteiger partial charge in [0, 0.05) is 12.1 Å². The molecule has 0 aliphatic carbocycles. The predicted octanol–water partition coefficient (Wildman–Crippen LogP) is 4.04. The van der Waals surface area contributed by atoms with E-state index in [0.717, 1.165) is 19.3 Å². The number of benzene rings is 1. The Morgan fingerprint density at radius 1 is 1.15 bits per heavy atom. The molecule has 2 unspecified atom stereocenters. The van der Waals surface area contributed by atoms with Gasteiger partial charge in [-0.3, -0.25) is 14.5 Å². The van der Waals surface area contributed by atoms with Crippen molar-refractivity contribution in [1.82, 2.24) is 9.80 Å². The summed E-state index contributed by atoms with van der Waals surface area (Å²) in [6, 6.07) is 5.56. The molecule has 2 rings (SSSR count). The van der Waals surface area contributed by atoms with Crippen molar-refractivity contribution in [2.24, 2.45) is 0 Å². The molecule has 0 saturated carbocycles. The van der Waals surface area contributed by atoms with Gasteiger partial charge in [0.15, 0.2) is 0 Å². The molecule has 1 aliphatic heterocycles. The zero-order chi connectivity index (χ0) is 19.3. The van der Waals surface area contributed by atoms with Crippen molar-refractivity contribution in [2.75, 3.05) is 25.0 Å². The third kappa shape index (κ3) is 5.35. The number of para-hydroxylation sites is 1. The lowest BCUT2D eigenvalue weighted by atomic mass is 9.97. The van der Waals surface area contributed by atoms with Crippen molar-refractivity contribution < 1.29 is 9.59 Å². The summed E-state index contributed by atoms with van der Waals surface area (Å²) in [5.41, 5.74) is 0.404. The SMILES string of the molecule is CCN(CC(=O)Nc1c(Cl)cccc1Cl)CC(=O)N1C(C)CCCC1C. The highest BCUT2D eigenvalue weighted by Crippen LogP contribution is 2.29. The predicted molar refractivity (Wildman–Crippen MR) is 107 cm³/mol. The number of likely N-dealkylation sites (tertiary alicyclic amines) is 1. The van der Waals surface area contributed by atoms with E-state index in [9.17, 15) is 9.59 Å². The minimum absolute atomic E-state index is 0.0788. The van der Waals surface area contributed by atoms with Gasteiger partial charge in [-0.2, -0.15) is 0 Å². The fraction of sp³-hybridized carbons (Fsp3) is 0.579. The summed E-state index contributed by atoms with van der Waals surface area (Å²) in [6.45, 7) is 7.07. The summed E-state index contributed by atoms with van der Waals surface area (Å²) in [6.07, 6.45) is 3.23. The van der Waals surface area contributed by atoms with Crippen molar-refractivity contribution in [3.63, 3.8) is 0 Å². The number of carbonyl (C=O) groups excluding carboxylic acids is 2. The van der Waals surface area contributed by atoms with Gasteiger partial charge in [0.2, 0.25) is 11.8 Å². The molecule has 0 aromatic heterocycles. The van der Waals surface area contributed by atoms with Crippen LogP contribution in [0, 0.1) is 0 Å². The number of nitrogens with one attached hydrogen (secondary N) is 1. The van der Waals surface area contributed by atoms with Gasteiger partial charge in [-0.25, -0.2) is 0 Å². The first-order valence-electron chi connectivity index (χ1n) is 9.10. The van der Waals surface area contributed by atoms with Crippen LogP contribution in [0.25, 0.3) is 0 Å². The molecule has 2 amide bonds. The molecule has 2 atom stereocenters. The summed E-state index contributed by atoms with van der Waals surface area (Å²) < 4.78 is 0. The van der Waals surface area contributed by atoms with Crippen molar-refractivity contribution in [3.8, 4) is 0 Å². The van der Waals surface area contributed by atoms with Gasteiger partial charge < -0.3 is 10.2 Å². The van der Waals surface area contributed by atoms with Crippen LogP contribution in [0.2, 0.25) is 10.0 Å². The van der Waals surface area contributed by atoms with Crippen molar-refractivity contribution in [3.05, 3.63) is 28.2 Å². The molecular weight excluding hydrogens is 373 g/mol. The van der Waals surface area contributed by atoms with Crippen LogP contribution >= 0.6 is 23.2 Å². The molecule has 1 N–H and O–H groups in total. The van der Waals surface area contributed by atoms with E-state index in [0.29, 0.717) is 22.3 Å². The van der Waals surface area contributed by atoms with Crippen molar-refractivity contribution in [2.45, 2.75) is 52.1 Å². The van der Waals surface area contributed by atoms with Crippen LogP contribution in [0.3, 0.4) is 0 Å². The van der Waals surface area contributed by atoms with Crippen LogP contribution in [0.4, 0.5) is 5.69 Å². The van der Waals surface area contributed by atoms with Crippen LogP contribution in [-0.2, 0) is 9.59 Å². The van der Waals surface area contributed by atoms with Crippen LogP contribution in [0.5, 0.6) is 0 Å². The molecule has 1 aromatic rings. The van der Waals surface area contributed by atoms with Gasteiger partial charge in [0.05, 0.1) is 28.8 Å². The Bertz CT molecular complexity index is 623. The average molecular weight is 400 g/mol. The van der Waals surface area contributed by atoms with Gasteiger partial charge in [-0.05, 0) is 51.8 Å². The van der Waals surface area contributed by atoms with Crippen LogP contribution < -0.4 is 5.32 Å². The van der Waals surface area contributed by atoms with Crippen LogP contribution in [0.1, 0.15) is 40.0 Å². The monoisotopic (exact) mass is 399 g/mol. The third-order valence-corrected chi connectivity index (χ3v) is 5.51. The van der Waals surface area contributed by atoms with Crippen molar-refractivity contribution in [1.29, 1.82) is 0 Å². The maximum absolute atomic E-state index is 12.7. The Labute approximate surface area is 165 Å². The average Bonchev–Trinajstić information content (AvgIpc) is 2.57. The number of rotatable bonds is 6. The molecule has 1 aromatic carbocycles. The van der Waals surface area contributed by atoms with E-state index in [-0.39, 0.29) is 37.0 Å². The van der Waals surface area contributed by atoms with E-state index in [4.69, 9.17) is 23.2 Å². The molecular formula is C19H27Cl2N3O2. The maximum Gasteiger partial charge on any atom is 0.238 e. The Balaban J connectivity index is 1.96. The first-order chi connectivity index (χ1) is 12.3. The minimum atomic E-state index is -0.241. The summed E-state index contributed by atoms with van der Waals surface area (Å²) in [7, 11) is 0. The Morgan fingerprint density at radius 2 is 1.73 bits per heavy atom. The number of likely N-dealkylation sites (N-methyl/N-ethyl adjacent to an activating group) is 1. The highest BCUT2D eigenvalue weighted by molar-refractivity contribution is 6.39. The Hall–Kier alpha value is -1.30. The minimum Gasteiger partial charge on any atom is -0.336 e. The number of nitrogens with zero attached hydrogens (tertiary/aromatic N) is 2. The number of hydrogen-bond donors (Lipinski definition) is 1. The molecule has 26 heavy (non-hydrogen) atoms. The fourth-order valence-corrected chi connectivity index (χ4v) is 3.96. The van der Waals surface area contributed by atoms with Gasteiger partial charge in [-0.1, -0.05) is 36.2 Å². The lowest BCUT2D eigenvalue weighted by Gasteiger charge is -2.40. The number of carbonyl (C=O) groups is 2. The van der Waals surface area contributed by atoms with E-state index in [2.05, 4.69) is 19.2 Å². The molecule has 1 aliphatic rings. The molecule has 0 bridgehead atoms. The smallest absolute Gasteiger partial charge is 0.238 e. The molecule has 5 nitrogen and oxygen atoms in total. The number of piperidine rings is 1. The number of halogens is 2. The zero-order valence-corrected chi connectivity index (χ0v) is 17.1. The molecule has 144 valence electrons. The normalized spacial score (nSPS) is 20.3. The molecule has 1 saturated heterocycles. The molecule has 0 radical (unpaired) electrons. The van der Waals surface area contributed by atoms with E-state index < -0.39 is 0 Å². The first-order valence-corrected chi connectivity index (χ1v) is 9.86. The lowest BCUT2D eigenvalue weighted by Crippen LogP contribution is -2.51. The number of hydrogen-bond acceptors (Lipinski definition) is 3. The van der Waals surface area contributed by atoms with E-state index in [1.807, 2.05) is 16.7 Å². The second-order valence-corrected chi connectivity index (χ2v) is 7.69. The summed E-state index contributed by atoms with van der Waals surface area (Å²) in [4.78, 5) is 28.9. The zero-order valence-electron chi connectivity index (χ0n) is 15.6. The molecule has 1 fully saturated rings. The largest absolute Gasteiger partial charge is 0.336 e. The fourth-order valence-electron chi connectivity index (χ4n) is 3.46. The quantitative estimate of drug-likeness (QED) is 0.784. The third-order valence-electron chi connectivity index (χ3n) is 4.88.